The fourth-order valence-electron chi connectivity index (χ4n) is 3.37. The van der Waals surface area contributed by atoms with Crippen LogP contribution in [0, 0.1) is 5.82 Å². The van der Waals surface area contributed by atoms with E-state index in [2.05, 4.69) is 25.9 Å². The molecule has 0 radical (unpaired) electrons. The third kappa shape index (κ3) is 3.79. The molecule has 2 heterocycles. The second-order valence-corrected chi connectivity index (χ2v) is 6.52. The first-order valence-corrected chi connectivity index (χ1v) is 8.85. The van der Waals surface area contributed by atoms with Crippen molar-refractivity contribution in [1.29, 1.82) is 0 Å². The van der Waals surface area contributed by atoms with Gasteiger partial charge in [-0.2, -0.15) is 5.21 Å². The monoisotopic (exact) mass is 366 g/mol. The molecule has 1 amide bonds. The van der Waals surface area contributed by atoms with Crippen molar-refractivity contribution < 1.29 is 9.18 Å². The van der Waals surface area contributed by atoms with Crippen LogP contribution in [-0.4, -0.2) is 50.6 Å². The van der Waals surface area contributed by atoms with Gasteiger partial charge in [0.2, 0.25) is 5.82 Å². The van der Waals surface area contributed by atoms with Crippen molar-refractivity contribution in [1.82, 2.24) is 25.5 Å². The van der Waals surface area contributed by atoms with Crippen molar-refractivity contribution >= 4 is 11.6 Å². The van der Waals surface area contributed by atoms with Gasteiger partial charge in [0.25, 0.3) is 5.91 Å². The molecule has 1 saturated heterocycles. The second kappa shape index (κ2) is 7.53. The lowest BCUT2D eigenvalue weighted by atomic mass is 10.0. The Hall–Kier alpha value is -3.29. The number of H-pyrrole nitrogens is 1. The molecular weight excluding hydrogens is 347 g/mol. The number of nitrogens with one attached hydrogen (secondary N) is 2. The van der Waals surface area contributed by atoms with Crippen LogP contribution in [0.4, 0.5) is 10.1 Å². The van der Waals surface area contributed by atoms with E-state index in [1.807, 2.05) is 23.1 Å². The minimum absolute atomic E-state index is 0.0546. The fourth-order valence-corrected chi connectivity index (χ4v) is 3.37. The number of benzene rings is 2. The Kier molecular flexibility index (Phi) is 4.78. The number of anilines is 1. The van der Waals surface area contributed by atoms with Crippen molar-refractivity contribution in [3.8, 4) is 11.4 Å². The summed E-state index contributed by atoms with van der Waals surface area (Å²) in [5.41, 5.74) is 2.06. The second-order valence-electron chi connectivity index (χ2n) is 6.52. The Balaban J connectivity index is 1.50. The molecule has 1 fully saturated rings. The van der Waals surface area contributed by atoms with Gasteiger partial charge in [0.05, 0.1) is 5.56 Å². The normalized spacial score (nSPS) is 16.9. The van der Waals surface area contributed by atoms with Crippen LogP contribution in [-0.2, 0) is 0 Å². The molecule has 0 spiro atoms. The van der Waals surface area contributed by atoms with Crippen LogP contribution in [0.1, 0.15) is 23.2 Å². The zero-order chi connectivity index (χ0) is 18.6. The summed E-state index contributed by atoms with van der Waals surface area (Å²) in [6.45, 7) is 1.28. The lowest BCUT2D eigenvalue weighted by molar-refractivity contribution is 0.0715. The van der Waals surface area contributed by atoms with E-state index in [0.717, 1.165) is 18.5 Å². The number of amides is 1. The highest BCUT2D eigenvalue weighted by atomic mass is 19.1. The number of aromatic amines is 1. The van der Waals surface area contributed by atoms with Crippen molar-refractivity contribution in [3.63, 3.8) is 0 Å². The molecule has 0 unspecified atom stereocenters. The van der Waals surface area contributed by atoms with Gasteiger partial charge in [0.15, 0.2) is 0 Å². The summed E-state index contributed by atoms with van der Waals surface area (Å²) in [6.07, 6.45) is 1.85. The van der Waals surface area contributed by atoms with Gasteiger partial charge in [-0.15, -0.1) is 10.2 Å². The number of hydrogen-bond donors (Lipinski definition) is 2. The number of hydrogen-bond acceptors (Lipinski definition) is 5. The Labute approximate surface area is 155 Å². The molecule has 1 aliphatic heterocycles. The predicted molar refractivity (Wildman–Crippen MR) is 98.6 cm³/mol. The zero-order valence-corrected chi connectivity index (χ0v) is 14.6. The van der Waals surface area contributed by atoms with Crippen LogP contribution in [0.2, 0.25) is 0 Å². The third-order valence-corrected chi connectivity index (χ3v) is 4.67. The highest BCUT2D eigenvalue weighted by molar-refractivity contribution is 6.00. The van der Waals surface area contributed by atoms with Gasteiger partial charge in [0, 0.05) is 30.4 Å². The molecule has 0 aliphatic carbocycles. The van der Waals surface area contributed by atoms with Crippen molar-refractivity contribution in [2.24, 2.45) is 0 Å². The summed E-state index contributed by atoms with van der Waals surface area (Å²) in [5, 5.41) is 17.4. The van der Waals surface area contributed by atoms with E-state index < -0.39 is 0 Å². The minimum Gasteiger partial charge on any atom is -0.381 e. The number of carbonyl (C=O) groups is 1. The van der Waals surface area contributed by atoms with Gasteiger partial charge in [-0.1, -0.05) is 18.2 Å². The average molecular weight is 366 g/mol. The maximum Gasteiger partial charge on any atom is 0.254 e. The molecule has 138 valence electrons. The Morgan fingerprint density at radius 3 is 2.78 bits per heavy atom. The first kappa shape index (κ1) is 17.1. The van der Waals surface area contributed by atoms with E-state index >= 15 is 0 Å². The number of tetrazole rings is 1. The summed E-state index contributed by atoms with van der Waals surface area (Å²) >= 11 is 0. The maximum absolute atomic E-state index is 13.1. The molecule has 1 aliphatic rings. The molecule has 27 heavy (non-hydrogen) atoms. The number of nitrogens with zero attached hydrogens (tertiary/aromatic N) is 4. The number of likely N-dealkylation sites (tertiary alicyclic amines) is 1. The molecule has 1 aromatic heterocycles. The zero-order valence-electron chi connectivity index (χ0n) is 14.6. The van der Waals surface area contributed by atoms with Gasteiger partial charge in [-0.05, 0) is 48.4 Å². The topological polar surface area (TPSA) is 86.8 Å². The van der Waals surface area contributed by atoms with Gasteiger partial charge >= 0.3 is 0 Å². The largest absolute Gasteiger partial charge is 0.381 e. The fraction of sp³-hybridized carbons (Fsp3) is 0.263. The standard InChI is InChI=1S/C19H19FN6O/c20-13-7-9-14(10-8-13)21-15-4-3-11-26(12-15)19(27)17-6-2-1-5-16(17)18-22-24-25-23-18/h1-2,5-10,15,21H,3-4,11-12H2,(H,22,23,24,25)/t15-/m1/s1. The lowest BCUT2D eigenvalue weighted by Gasteiger charge is -2.34. The SMILES string of the molecule is O=C(c1ccccc1-c1nn[nH]n1)N1CCC[C@@H](Nc2ccc(F)cc2)C1. The summed E-state index contributed by atoms with van der Waals surface area (Å²) in [5.74, 6) is 0.0806. The molecule has 3 aromatic rings. The molecular formula is C19H19FN6O. The van der Waals surface area contributed by atoms with Crippen LogP contribution in [0.3, 0.4) is 0 Å². The van der Waals surface area contributed by atoms with E-state index in [0.29, 0.717) is 30.0 Å². The van der Waals surface area contributed by atoms with Crippen LogP contribution in [0.5, 0.6) is 0 Å². The number of carbonyl (C=O) groups excluding carboxylic acids is 1. The molecule has 7 nitrogen and oxygen atoms in total. The molecule has 0 bridgehead atoms. The first-order chi connectivity index (χ1) is 13.2. The molecule has 8 heteroatoms. The lowest BCUT2D eigenvalue weighted by Crippen LogP contribution is -2.45. The minimum atomic E-state index is -0.265. The molecule has 2 aromatic carbocycles. The van der Waals surface area contributed by atoms with Gasteiger partial charge < -0.3 is 10.2 Å². The Morgan fingerprint density at radius 2 is 2.00 bits per heavy atom. The number of piperidine rings is 1. The van der Waals surface area contributed by atoms with Crippen molar-refractivity contribution in [2.75, 3.05) is 18.4 Å². The number of rotatable bonds is 4. The first-order valence-electron chi connectivity index (χ1n) is 8.85. The van der Waals surface area contributed by atoms with Crippen molar-refractivity contribution in [3.05, 3.63) is 59.9 Å². The number of halogens is 1. The summed E-state index contributed by atoms with van der Waals surface area (Å²) in [4.78, 5) is 15.0. The molecule has 2 N–H and O–H groups in total. The van der Waals surface area contributed by atoms with Gasteiger partial charge in [-0.25, -0.2) is 4.39 Å². The van der Waals surface area contributed by atoms with Crippen LogP contribution in [0.25, 0.3) is 11.4 Å². The van der Waals surface area contributed by atoms with Crippen LogP contribution >= 0.6 is 0 Å². The number of aromatic nitrogens is 4. The summed E-state index contributed by atoms with van der Waals surface area (Å²) in [7, 11) is 0. The van der Waals surface area contributed by atoms with Gasteiger partial charge in [0.1, 0.15) is 5.82 Å². The predicted octanol–water partition coefficient (Wildman–Crippen LogP) is 2.72. The van der Waals surface area contributed by atoms with Crippen molar-refractivity contribution in [2.45, 2.75) is 18.9 Å². The Morgan fingerprint density at radius 1 is 1.19 bits per heavy atom. The molecule has 1 atom stereocenters. The van der Waals surface area contributed by atoms with Crippen LogP contribution in [0.15, 0.2) is 48.5 Å². The Bertz CT molecular complexity index is 912. The van der Waals surface area contributed by atoms with Gasteiger partial charge in [-0.3, -0.25) is 4.79 Å². The molecule has 0 saturated carbocycles. The van der Waals surface area contributed by atoms with E-state index in [-0.39, 0.29) is 17.8 Å². The smallest absolute Gasteiger partial charge is 0.254 e. The van der Waals surface area contributed by atoms with E-state index in [9.17, 15) is 9.18 Å². The van der Waals surface area contributed by atoms with Crippen LogP contribution < -0.4 is 5.32 Å². The van der Waals surface area contributed by atoms with E-state index in [1.54, 1.807) is 18.2 Å². The highest BCUT2D eigenvalue weighted by Crippen LogP contribution is 2.23. The third-order valence-electron chi connectivity index (χ3n) is 4.67. The molecule has 4 rings (SSSR count). The summed E-state index contributed by atoms with van der Waals surface area (Å²) in [6, 6.07) is 13.7. The average Bonchev–Trinajstić information content (AvgIpc) is 3.24. The maximum atomic E-state index is 13.1. The summed E-state index contributed by atoms with van der Waals surface area (Å²) < 4.78 is 13.1. The highest BCUT2D eigenvalue weighted by Gasteiger charge is 2.26. The quantitative estimate of drug-likeness (QED) is 0.741. The van der Waals surface area contributed by atoms with E-state index in [4.69, 9.17) is 0 Å². The van der Waals surface area contributed by atoms with E-state index in [1.165, 1.54) is 12.1 Å².